The third kappa shape index (κ3) is 3.07. The molecule has 0 saturated heterocycles. The summed E-state index contributed by atoms with van der Waals surface area (Å²) in [5.41, 5.74) is 0.782. The van der Waals surface area contributed by atoms with E-state index in [0.29, 0.717) is 0 Å². The van der Waals surface area contributed by atoms with E-state index < -0.39 is 9.73 Å². The lowest BCUT2D eigenvalue weighted by Crippen LogP contribution is -1.96. The molecule has 17 heavy (non-hydrogen) atoms. The summed E-state index contributed by atoms with van der Waals surface area (Å²) in [5, 5.41) is 0. The first-order chi connectivity index (χ1) is 8.09. The molecule has 0 fully saturated rings. The van der Waals surface area contributed by atoms with Crippen LogP contribution in [0.2, 0.25) is 0 Å². The van der Waals surface area contributed by atoms with Crippen LogP contribution in [0.3, 0.4) is 0 Å². The van der Waals surface area contributed by atoms with Crippen LogP contribution in [-0.4, -0.2) is 10.5 Å². The van der Waals surface area contributed by atoms with Gasteiger partial charge in [0.05, 0.1) is 15.4 Å². The Labute approximate surface area is 115 Å². The summed E-state index contributed by atoms with van der Waals surface area (Å²) in [6.07, 6.45) is 1.67. The molecule has 0 aliphatic heterocycles. The lowest BCUT2D eigenvalue weighted by Gasteiger charge is -2.05. The summed E-state index contributed by atoms with van der Waals surface area (Å²) in [6, 6.07) is 17.1. The Hall–Kier alpha value is -0.880. The van der Waals surface area contributed by atoms with Crippen molar-refractivity contribution in [3.05, 3.63) is 58.2 Å². The molecule has 0 saturated carbocycles. The molecule has 2 aromatic carbocycles. The highest BCUT2D eigenvalue weighted by Gasteiger charge is 2.06. The highest BCUT2D eigenvalue weighted by molar-refractivity contribution is 14.1. The van der Waals surface area contributed by atoms with Gasteiger partial charge in [0.2, 0.25) is 0 Å². The average Bonchev–Trinajstić information content (AvgIpc) is 2.33. The van der Waals surface area contributed by atoms with Gasteiger partial charge in [0.15, 0.2) is 0 Å². The van der Waals surface area contributed by atoms with Gasteiger partial charge in [-0.05, 0) is 46.9 Å². The van der Waals surface area contributed by atoms with E-state index in [2.05, 4.69) is 27.0 Å². The van der Waals surface area contributed by atoms with Gasteiger partial charge in [0.1, 0.15) is 0 Å². The number of hydrogen-bond acceptors (Lipinski definition) is 2. The molecule has 1 atom stereocenters. The predicted molar refractivity (Wildman–Crippen MR) is 80.0 cm³/mol. The molecule has 4 heteroatoms. The topological polar surface area (TPSA) is 29.4 Å². The van der Waals surface area contributed by atoms with Gasteiger partial charge in [-0.25, -0.2) is 4.21 Å². The van der Waals surface area contributed by atoms with Crippen molar-refractivity contribution >= 4 is 38.0 Å². The zero-order chi connectivity index (χ0) is 12.3. The molecular weight excluding hydrogens is 345 g/mol. The lowest BCUT2D eigenvalue weighted by atomic mass is 10.3. The average molecular weight is 357 g/mol. The van der Waals surface area contributed by atoms with Crippen LogP contribution in [0.5, 0.6) is 0 Å². The van der Waals surface area contributed by atoms with E-state index in [1.807, 2.05) is 54.6 Å². The first kappa shape index (κ1) is 12.6. The van der Waals surface area contributed by atoms with E-state index in [1.54, 1.807) is 6.26 Å². The van der Waals surface area contributed by atoms with Gasteiger partial charge in [-0.15, -0.1) is 0 Å². The van der Waals surface area contributed by atoms with Gasteiger partial charge in [-0.1, -0.05) is 30.3 Å². The Kier molecular flexibility index (Phi) is 3.83. The molecule has 0 aromatic heterocycles. The van der Waals surface area contributed by atoms with E-state index in [-0.39, 0.29) is 0 Å². The molecule has 88 valence electrons. The van der Waals surface area contributed by atoms with Crippen molar-refractivity contribution in [3.63, 3.8) is 0 Å². The fourth-order valence-electron chi connectivity index (χ4n) is 1.44. The first-order valence-corrected chi connectivity index (χ1v) is 8.11. The molecule has 2 aromatic rings. The second-order valence-electron chi connectivity index (χ2n) is 3.66. The van der Waals surface area contributed by atoms with Crippen molar-refractivity contribution in [2.45, 2.75) is 4.90 Å². The molecule has 0 spiro atoms. The normalized spacial score (nSPS) is 14.0. The van der Waals surface area contributed by atoms with Gasteiger partial charge >= 0.3 is 0 Å². The van der Waals surface area contributed by atoms with Crippen LogP contribution in [0.25, 0.3) is 0 Å². The summed E-state index contributed by atoms with van der Waals surface area (Å²) in [4.78, 5) is 0.764. The minimum Gasteiger partial charge on any atom is -0.245 e. The van der Waals surface area contributed by atoms with Crippen molar-refractivity contribution < 1.29 is 4.21 Å². The molecule has 0 N–H and O–H groups in total. The van der Waals surface area contributed by atoms with Crippen LogP contribution < -0.4 is 0 Å². The van der Waals surface area contributed by atoms with Crippen molar-refractivity contribution in [1.29, 1.82) is 0 Å². The highest BCUT2D eigenvalue weighted by Crippen LogP contribution is 2.24. The molecule has 2 nitrogen and oxygen atoms in total. The maximum atomic E-state index is 12.5. The summed E-state index contributed by atoms with van der Waals surface area (Å²) in [6.45, 7) is 0. The smallest absolute Gasteiger partial charge is 0.0866 e. The Bertz CT molecular complexity index is 631. The van der Waals surface area contributed by atoms with Crippen molar-refractivity contribution in [3.8, 4) is 0 Å². The van der Waals surface area contributed by atoms with Crippen LogP contribution in [0.4, 0.5) is 5.69 Å². The third-order valence-corrected chi connectivity index (χ3v) is 4.91. The number of hydrogen-bond donors (Lipinski definition) is 0. The molecule has 0 heterocycles. The number of rotatable bonds is 2. The Morgan fingerprint density at radius 3 is 2.24 bits per heavy atom. The number of benzene rings is 2. The van der Waals surface area contributed by atoms with Crippen LogP contribution in [0, 0.1) is 3.57 Å². The molecule has 0 aliphatic carbocycles. The van der Waals surface area contributed by atoms with Crippen LogP contribution >= 0.6 is 22.6 Å². The molecule has 2 rings (SSSR count). The fourth-order valence-corrected chi connectivity index (χ4v) is 3.41. The summed E-state index contributed by atoms with van der Waals surface area (Å²) in [7, 11) is -2.37. The van der Waals surface area contributed by atoms with E-state index in [0.717, 1.165) is 14.2 Å². The van der Waals surface area contributed by atoms with Gasteiger partial charge in [0, 0.05) is 14.7 Å². The summed E-state index contributed by atoms with van der Waals surface area (Å²) < 4.78 is 17.9. The lowest BCUT2D eigenvalue weighted by molar-refractivity contribution is 0.681. The standard InChI is InChI=1S/C13H12INOS/c1-17(16,11-7-3-2-4-8-11)15-13-10-6-5-9-12(13)14/h2-10H,1H3. The van der Waals surface area contributed by atoms with E-state index in [1.165, 1.54) is 0 Å². The van der Waals surface area contributed by atoms with Gasteiger partial charge in [-0.2, -0.15) is 4.36 Å². The largest absolute Gasteiger partial charge is 0.245 e. The van der Waals surface area contributed by atoms with Gasteiger partial charge < -0.3 is 0 Å². The van der Waals surface area contributed by atoms with Crippen molar-refractivity contribution in [1.82, 2.24) is 0 Å². The van der Waals surface area contributed by atoms with Crippen LogP contribution in [0.15, 0.2) is 63.9 Å². The monoisotopic (exact) mass is 357 g/mol. The maximum Gasteiger partial charge on any atom is 0.0866 e. The first-order valence-electron chi connectivity index (χ1n) is 5.11. The second kappa shape index (κ2) is 5.18. The van der Waals surface area contributed by atoms with E-state index in [9.17, 15) is 4.21 Å². The summed E-state index contributed by atoms with van der Waals surface area (Å²) in [5.74, 6) is 0. The predicted octanol–water partition coefficient (Wildman–Crippen LogP) is 4.08. The van der Waals surface area contributed by atoms with Gasteiger partial charge in [0.25, 0.3) is 0 Å². The van der Waals surface area contributed by atoms with E-state index >= 15 is 0 Å². The molecule has 0 aliphatic rings. The Morgan fingerprint density at radius 1 is 1.00 bits per heavy atom. The number of nitrogens with zero attached hydrogens (tertiary/aromatic N) is 1. The molecule has 1 unspecified atom stereocenters. The van der Waals surface area contributed by atoms with Crippen molar-refractivity contribution in [2.75, 3.05) is 6.26 Å². The SMILES string of the molecule is CS(=O)(=Nc1ccccc1I)c1ccccc1. The quantitative estimate of drug-likeness (QED) is 0.745. The maximum absolute atomic E-state index is 12.5. The van der Waals surface area contributed by atoms with Crippen molar-refractivity contribution in [2.24, 2.45) is 4.36 Å². The molecule has 0 bridgehead atoms. The summed E-state index contributed by atoms with van der Waals surface area (Å²) >= 11 is 2.20. The van der Waals surface area contributed by atoms with Crippen LogP contribution in [0.1, 0.15) is 0 Å². The third-order valence-electron chi connectivity index (χ3n) is 2.31. The van der Waals surface area contributed by atoms with Crippen LogP contribution in [-0.2, 0) is 9.73 Å². The number of halogens is 1. The van der Waals surface area contributed by atoms with Gasteiger partial charge in [-0.3, -0.25) is 0 Å². The molecular formula is C13H12INOS. The molecule has 0 amide bonds. The zero-order valence-corrected chi connectivity index (χ0v) is 12.3. The minimum absolute atomic E-state index is 0.764. The minimum atomic E-state index is -2.37. The Balaban J connectivity index is 2.54. The second-order valence-corrected chi connectivity index (χ2v) is 7.08. The Morgan fingerprint density at radius 2 is 1.59 bits per heavy atom. The highest BCUT2D eigenvalue weighted by atomic mass is 127. The van der Waals surface area contributed by atoms with E-state index in [4.69, 9.17) is 0 Å². The molecule has 0 radical (unpaired) electrons. The fraction of sp³-hybridized carbons (Fsp3) is 0.0769. The zero-order valence-electron chi connectivity index (χ0n) is 9.34.